The molecule has 0 amide bonds. The van der Waals surface area contributed by atoms with Crippen molar-refractivity contribution in [3.05, 3.63) is 0 Å². The number of nitrogens with zero attached hydrogens (tertiary/aromatic N) is 6. The first-order valence-electron chi connectivity index (χ1n) is 8.18. The third kappa shape index (κ3) is 2.47. The number of rotatable bonds is 0. The number of hydrogen-bond acceptors (Lipinski definition) is 6. The normalized spacial score (nSPS) is 29.0. The van der Waals surface area contributed by atoms with Crippen molar-refractivity contribution in [2.75, 3.05) is 26.2 Å². The van der Waals surface area contributed by atoms with Crippen LogP contribution in [0.2, 0.25) is 0 Å². The minimum atomic E-state index is -0.0587. The molecule has 0 saturated carbocycles. The van der Waals surface area contributed by atoms with Gasteiger partial charge < -0.3 is 9.80 Å². The van der Waals surface area contributed by atoms with Crippen molar-refractivity contribution in [2.45, 2.75) is 44.6 Å². The van der Waals surface area contributed by atoms with E-state index in [0.29, 0.717) is 0 Å². The maximum Gasteiger partial charge on any atom is 0.228 e. The Morgan fingerprint density at radius 3 is 2.19 bits per heavy atom. The van der Waals surface area contributed by atoms with Crippen LogP contribution in [0.5, 0.6) is 0 Å². The van der Waals surface area contributed by atoms with Gasteiger partial charge in [-0.1, -0.05) is 0 Å². The first kappa shape index (κ1) is 13.0. The van der Waals surface area contributed by atoms with Gasteiger partial charge in [-0.15, -0.1) is 0 Å². The highest BCUT2D eigenvalue weighted by Crippen LogP contribution is 2.20. The zero-order chi connectivity index (χ0) is 14.1. The number of amidine groups is 2. The van der Waals surface area contributed by atoms with E-state index < -0.39 is 0 Å². The number of likely N-dealkylation sites (tertiary alicyclic amines) is 2. The van der Waals surface area contributed by atoms with E-state index in [4.69, 9.17) is 4.99 Å². The van der Waals surface area contributed by atoms with Gasteiger partial charge in [-0.2, -0.15) is 9.98 Å². The van der Waals surface area contributed by atoms with E-state index in [-0.39, 0.29) is 6.04 Å². The SMILES string of the molecule is C1=NC2C(=N1)N=C(N1CCCCC1)N=C2N1CCCCC1. The molecule has 21 heavy (non-hydrogen) atoms. The lowest BCUT2D eigenvalue weighted by Gasteiger charge is -2.35. The molecule has 6 heteroatoms. The Labute approximate surface area is 125 Å². The predicted octanol–water partition coefficient (Wildman–Crippen LogP) is 1.54. The van der Waals surface area contributed by atoms with Crippen LogP contribution in [-0.2, 0) is 0 Å². The molecule has 4 rings (SSSR count). The van der Waals surface area contributed by atoms with Crippen molar-refractivity contribution in [3.63, 3.8) is 0 Å². The number of hydrogen-bond donors (Lipinski definition) is 0. The minimum absolute atomic E-state index is 0.0587. The van der Waals surface area contributed by atoms with Gasteiger partial charge >= 0.3 is 0 Å². The van der Waals surface area contributed by atoms with Gasteiger partial charge in [0.2, 0.25) is 5.96 Å². The highest BCUT2D eigenvalue weighted by Gasteiger charge is 2.34. The van der Waals surface area contributed by atoms with Gasteiger partial charge in [0, 0.05) is 26.2 Å². The van der Waals surface area contributed by atoms with Gasteiger partial charge in [0.25, 0.3) is 0 Å². The molecule has 0 aromatic heterocycles. The number of fused-ring (bicyclic) bond motifs is 1. The molecule has 2 fully saturated rings. The van der Waals surface area contributed by atoms with Crippen LogP contribution in [0.1, 0.15) is 38.5 Å². The van der Waals surface area contributed by atoms with E-state index in [1.165, 1.54) is 38.5 Å². The lowest BCUT2D eigenvalue weighted by Crippen LogP contribution is -2.48. The maximum absolute atomic E-state index is 4.90. The molecule has 6 nitrogen and oxygen atoms in total. The summed E-state index contributed by atoms with van der Waals surface area (Å²) >= 11 is 0. The maximum atomic E-state index is 4.90. The highest BCUT2D eigenvalue weighted by atomic mass is 15.4. The summed E-state index contributed by atoms with van der Waals surface area (Å²) in [5, 5.41) is 0. The van der Waals surface area contributed by atoms with Crippen LogP contribution in [0, 0.1) is 0 Å². The first-order valence-corrected chi connectivity index (χ1v) is 8.18. The molecule has 2 saturated heterocycles. The monoisotopic (exact) mass is 286 g/mol. The standard InChI is InChI=1S/C15H22N6/c1-3-7-20(8-4-1)14-12-13(17-11-16-12)18-15(19-14)21-9-5-2-6-10-21/h11-12H,1-10H2. The predicted molar refractivity (Wildman–Crippen MR) is 85.4 cm³/mol. The molecule has 4 aliphatic heterocycles. The highest BCUT2D eigenvalue weighted by molar-refractivity contribution is 6.22. The third-order valence-corrected chi connectivity index (χ3v) is 4.64. The van der Waals surface area contributed by atoms with Crippen LogP contribution < -0.4 is 0 Å². The Balaban J connectivity index is 1.62. The van der Waals surface area contributed by atoms with Crippen LogP contribution in [0.25, 0.3) is 0 Å². The Morgan fingerprint density at radius 2 is 1.48 bits per heavy atom. The summed E-state index contributed by atoms with van der Waals surface area (Å²) < 4.78 is 0. The zero-order valence-corrected chi connectivity index (χ0v) is 12.4. The quantitative estimate of drug-likeness (QED) is 0.678. The van der Waals surface area contributed by atoms with Crippen molar-refractivity contribution in [1.82, 2.24) is 9.80 Å². The van der Waals surface area contributed by atoms with Gasteiger partial charge in [0.15, 0.2) is 11.9 Å². The van der Waals surface area contributed by atoms with Crippen molar-refractivity contribution in [3.8, 4) is 0 Å². The van der Waals surface area contributed by atoms with Crippen LogP contribution in [0.4, 0.5) is 0 Å². The fourth-order valence-electron chi connectivity index (χ4n) is 3.46. The van der Waals surface area contributed by atoms with E-state index in [9.17, 15) is 0 Å². The van der Waals surface area contributed by atoms with Gasteiger partial charge in [0.1, 0.15) is 12.2 Å². The molecule has 0 aromatic rings. The first-order chi connectivity index (χ1) is 10.4. The summed E-state index contributed by atoms with van der Waals surface area (Å²) in [5.74, 6) is 2.75. The summed E-state index contributed by atoms with van der Waals surface area (Å²) in [6.45, 7) is 4.31. The summed E-state index contributed by atoms with van der Waals surface area (Å²) in [7, 11) is 0. The average Bonchev–Trinajstić information content (AvgIpc) is 3.04. The van der Waals surface area contributed by atoms with E-state index in [1.54, 1.807) is 6.34 Å². The summed E-state index contributed by atoms with van der Waals surface area (Å²) in [4.78, 5) is 23.1. The number of guanidine groups is 1. The summed E-state index contributed by atoms with van der Waals surface area (Å²) in [5.41, 5.74) is 0. The lowest BCUT2D eigenvalue weighted by atomic mass is 10.1. The molecule has 0 aliphatic carbocycles. The molecular formula is C15H22N6. The van der Waals surface area contributed by atoms with E-state index in [1.807, 2.05) is 0 Å². The Hall–Kier alpha value is -1.72. The smallest absolute Gasteiger partial charge is 0.228 e. The van der Waals surface area contributed by atoms with E-state index in [0.717, 1.165) is 43.8 Å². The second-order valence-electron chi connectivity index (χ2n) is 6.13. The Bertz CT molecular complexity index is 520. The number of piperidine rings is 2. The van der Waals surface area contributed by atoms with Crippen molar-refractivity contribution >= 4 is 24.0 Å². The van der Waals surface area contributed by atoms with E-state index in [2.05, 4.69) is 24.8 Å². The molecule has 1 unspecified atom stereocenters. The third-order valence-electron chi connectivity index (χ3n) is 4.64. The molecule has 112 valence electrons. The van der Waals surface area contributed by atoms with Crippen molar-refractivity contribution in [2.24, 2.45) is 20.0 Å². The Morgan fingerprint density at radius 1 is 0.810 bits per heavy atom. The van der Waals surface area contributed by atoms with Gasteiger partial charge in [0.05, 0.1) is 0 Å². The van der Waals surface area contributed by atoms with E-state index >= 15 is 0 Å². The van der Waals surface area contributed by atoms with Crippen molar-refractivity contribution < 1.29 is 0 Å². The zero-order valence-electron chi connectivity index (χ0n) is 12.4. The summed E-state index contributed by atoms with van der Waals surface area (Å²) in [6, 6.07) is -0.0587. The van der Waals surface area contributed by atoms with Crippen LogP contribution in [0.3, 0.4) is 0 Å². The topological polar surface area (TPSA) is 55.9 Å². The second-order valence-corrected chi connectivity index (χ2v) is 6.13. The van der Waals surface area contributed by atoms with Crippen molar-refractivity contribution in [1.29, 1.82) is 0 Å². The Kier molecular flexibility index (Phi) is 3.45. The molecule has 0 bridgehead atoms. The molecule has 0 radical (unpaired) electrons. The average molecular weight is 286 g/mol. The minimum Gasteiger partial charge on any atom is -0.358 e. The molecule has 4 heterocycles. The molecular weight excluding hydrogens is 264 g/mol. The molecule has 1 atom stereocenters. The molecule has 4 aliphatic rings. The van der Waals surface area contributed by atoms with Crippen LogP contribution >= 0.6 is 0 Å². The molecule has 0 spiro atoms. The largest absolute Gasteiger partial charge is 0.358 e. The van der Waals surface area contributed by atoms with Crippen LogP contribution in [-0.4, -0.2) is 66.0 Å². The fraction of sp³-hybridized carbons (Fsp3) is 0.733. The van der Waals surface area contributed by atoms with Gasteiger partial charge in [-0.05, 0) is 38.5 Å². The summed E-state index contributed by atoms with van der Waals surface area (Å²) in [6.07, 6.45) is 9.25. The van der Waals surface area contributed by atoms with Crippen LogP contribution in [0.15, 0.2) is 20.0 Å². The number of aliphatic imine (C=N–C) groups is 4. The fourth-order valence-corrected chi connectivity index (χ4v) is 3.46. The second kappa shape index (κ2) is 5.58. The lowest BCUT2D eigenvalue weighted by molar-refractivity contribution is 0.328. The van der Waals surface area contributed by atoms with Gasteiger partial charge in [-0.3, -0.25) is 4.99 Å². The molecule has 0 aromatic carbocycles. The molecule has 0 N–H and O–H groups in total. The van der Waals surface area contributed by atoms with Gasteiger partial charge in [-0.25, -0.2) is 4.99 Å².